The molecule has 0 saturated carbocycles. The number of hydrogen-bond acceptors (Lipinski definition) is 4. The van der Waals surface area contributed by atoms with Crippen LogP contribution in [0.4, 0.5) is 0 Å². The third-order valence-corrected chi connectivity index (χ3v) is 3.45. The van der Waals surface area contributed by atoms with Crippen molar-refractivity contribution in [1.29, 1.82) is 0 Å². The molecule has 1 atom stereocenters. The van der Waals surface area contributed by atoms with Gasteiger partial charge in [-0.1, -0.05) is 30.3 Å². The Morgan fingerprint density at radius 1 is 1.44 bits per heavy atom. The molecule has 0 aliphatic carbocycles. The van der Waals surface area contributed by atoms with Crippen LogP contribution in [0.25, 0.3) is 0 Å². The van der Waals surface area contributed by atoms with E-state index in [4.69, 9.17) is 0 Å². The highest BCUT2D eigenvalue weighted by atomic mass is 32.2. The summed E-state index contributed by atoms with van der Waals surface area (Å²) in [6.07, 6.45) is 1.69. The fourth-order valence-corrected chi connectivity index (χ4v) is 2.45. The van der Waals surface area contributed by atoms with Crippen LogP contribution in [-0.2, 0) is 6.54 Å². The molecule has 16 heavy (non-hydrogen) atoms. The predicted molar refractivity (Wildman–Crippen MR) is 64.6 cm³/mol. The molecule has 0 aromatic heterocycles. The highest BCUT2D eigenvalue weighted by Crippen LogP contribution is 2.25. The minimum Gasteiger partial charge on any atom is -0.305 e. The molecule has 5 heteroatoms. The minimum absolute atomic E-state index is 0.102. The van der Waals surface area contributed by atoms with E-state index in [1.165, 1.54) is 17.3 Å². The molecule has 0 saturated heterocycles. The molecule has 0 radical (unpaired) electrons. The van der Waals surface area contributed by atoms with Gasteiger partial charge in [-0.05, 0) is 17.3 Å². The number of benzene rings is 1. The van der Waals surface area contributed by atoms with Gasteiger partial charge < -0.3 is 5.32 Å². The Morgan fingerprint density at radius 3 is 2.81 bits per heavy atom. The van der Waals surface area contributed by atoms with Crippen LogP contribution in [0.2, 0.25) is 0 Å². The summed E-state index contributed by atoms with van der Waals surface area (Å²) >= 11 is 1.29. The third kappa shape index (κ3) is 2.84. The van der Waals surface area contributed by atoms with Gasteiger partial charge in [-0.15, -0.1) is 0 Å². The second kappa shape index (κ2) is 5.14. The first-order chi connectivity index (χ1) is 7.75. The van der Waals surface area contributed by atoms with Crippen LogP contribution < -0.4 is 5.32 Å². The largest absolute Gasteiger partial charge is 0.305 e. The topological polar surface area (TPSA) is 55.2 Å². The molecular weight excluding hydrogens is 224 g/mol. The van der Waals surface area contributed by atoms with Gasteiger partial charge in [0.2, 0.25) is 0 Å². The van der Waals surface area contributed by atoms with Crippen LogP contribution in [0.15, 0.2) is 41.4 Å². The zero-order valence-electron chi connectivity index (χ0n) is 8.63. The summed E-state index contributed by atoms with van der Waals surface area (Å²) in [5.41, 5.74) is 1.19. The van der Waals surface area contributed by atoms with Gasteiger partial charge in [0.1, 0.15) is 0 Å². The standard InChI is InChI=1S/C11H12N2O2S/c14-13(15)11-6-10(8-16-11)12-7-9-4-2-1-3-5-9/h1-6,10,12H,7-8H2. The normalized spacial score (nSPS) is 19.5. The van der Waals surface area contributed by atoms with E-state index in [1.807, 2.05) is 30.3 Å². The van der Waals surface area contributed by atoms with Gasteiger partial charge in [0.25, 0.3) is 0 Å². The Bertz CT molecular complexity index is 406. The fourth-order valence-electron chi connectivity index (χ4n) is 1.52. The first-order valence-corrected chi connectivity index (χ1v) is 6.00. The Balaban J connectivity index is 1.86. The molecule has 1 unspecified atom stereocenters. The zero-order valence-corrected chi connectivity index (χ0v) is 9.44. The summed E-state index contributed by atoms with van der Waals surface area (Å²) in [5, 5.41) is 14.0. The Hall–Kier alpha value is -1.33. The lowest BCUT2D eigenvalue weighted by atomic mass is 10.2. The lowest BCUT2D eigenvalue weighted by Gasteiger charge is -2.08. The first-order valence-electron chi connectivity index (χ1n) is 5.02. The van der Waals surface area contributed by atoms with E-state index >= 15 is 0 Å². The van der Waals surface area contributed by atoms with Gasteiger partial charge in [-0.2, -0.15) is 0 Å². The van der Waals surface area contributed by atoms with Crippen LogP contribution >= 0.6 is 11.8 Å². The number of rotatable bonds is 4. The number of nitrogens with zero attached hydrogens (tertiary/aromatic N) is 1. The van der Waals surface area contributed by atoms with E-state index in [-0.39, 0.29) is 16.0 Å². The van der Waals surface area contributed by atoms with E-state index in [9.17, 15) is 10.1 Å². The molecule has 1 aromatic rings. The minimum atomic E-state index is -0.325. The highest BCUT2D eigenvalue weighted by Gasteiger charge is 2.23. The number of nitro groups is 1. The van der Waals surface area contributed by atoms with Gasteiger partial charge >= 0.3 is 5.03 Å². The van der Waals surface area contributed by atoms with Crippen molar-refractivity contribution in [3.05, 3.63) is 57.1 Å². The molecule has 0 spiro atoms. The summed E-state index contributed by atoms with van der Waals surface area (Å²) in [6.45, 7) is 0.744. The van der Waals surface area contributed by atoms with E-state index in [2.05, 4.69) is 5.32 Å². The molecule has 0 fully saturated rings. The second-order valence-electron chi connectivity index (χ2n) is 3.55. The van der Waals surface area contributed by atoms with Crippen molar-refractivity contribution in [3.63, 3.8) is 0 Å². The summed E-state index contributed by atoms with van der Waals surface area (Å²) in [4.78, 5) is 10.2. The van der Waals surface area contributed by atoms with Crippen LogP contribution in [0, 0.1) is 10.1 Å². The highest BCUT2D eigenvalue weighted by molar-refractivity contribution is 8.03. The molecular formula is C11H12N2O2S. The molecule has 1 N–H and O–H groups in total. The van der Waals surface area contributed by atoms with Crippen molar-refractivity contribution in [1.82, 2.24) is 5.32 Å². The maximum absolute atomic E-state index is 10.5. The van der Waals surface area contributed by atoms with E-state index in [0.717, 1.165) is 12.3 Å². The Morgan fingerprint density at radius 2 is 2.19 bits per heavy atom. The van der Waals surface area contributed by atoms with Crippen molar-refractivity contribution in [2.24, 2.45) is 0 Å². The quantitative estimate of drug-likeness (QED) is 0.642. The lowest BCUT2D eigenvalue weighted by molar-refractivity contribution is -0.410. The van der Waals surface area contributed by atoms with E-state index < -0.39 is 0 Å². The summed E-state index contributed by atoms with van der Waals surface area (Å²) in [5.74, 6) is 0.739. The predicted octanol–water partition coefficient (Wildman–Crippen LogP) is 2.01. The molecule has 2 rings (SSSR count). The van der Waals surface area contributed by atoms with Gasteiger partial charge in [-0.25, -0.2) is 0 Å². The lowest BCUT2D eigenvalue weighted by Crippen LogP contribution is -2.26. The van der Waals surface area contributed by atoms with Crippen LogP contribution in [-0.4, -0.2) is 16.7 Å². The average Bonchev–Trinajstić information content (AvgIpc) is 2.76. The molecule has 84 valence electrons. The van der Waals surface area contributed by atoms with Crippen LogP contribution in [0.3, 0.4) is 0 Å². The first kappa shape index (κ1) is 11.2. The number of thioether (sulfide) groups is 1. The smallest absolute Gasteiger partial charge is 0.300 e. The Labute approximate surface area is 97.9 Å². The maximum Gasteiger partial charge on any atom is 0.300 e. The summed E-state index contributed by atoms with van der Waals surface area (Å²) < 4.78 is 0. The van der Waals surface area contributed by atoms with Gasteiger partial charge in [0.05, 0.1) is 4.92 Å². The van der Waals surface area contributed by atoms with Crippen molar-refractivity contribution < 1.29 is 4.92 Å². The van der Waals surface area contributed by atoms with Crippen molar-refractivity contribution in [2.45, 2.75) is 12.6 Å². The SMILES string of the molecule is O=[N+]([O-])C1=CC(NCc2ccccc2)CS1. The molecule has 0 amide bonds. The molecule has 1 heterocycles. The van der Waals surface area contributed by atoms with Crippen molar-refractivity contribution in [2.75, 3.05) is 5.75 Å². The van der Waals surface area contributed by atoms with E-state index in [0.29, 0.717) is 0 Å². The Kier molecular flexibility index (Phi) is 3.58. The van der Waals surface area contributed by atoms with E-state index in [1.54, 1.807) is 6.08 Å². The van der Waals surface area contributed by atoms with Gasteiger partial charge in [-0.3, -0.25) is 10.1 Å². The fraction of sp³-hybridized carbons (Fsp3) is 0.273. The van der Waals surface area contributed by atoms with Gasteiger partial charge in [0, 0.05) is 24.4 Å². The average molecular weight is 236 g/mol. The molecule has 4 nitrogen and oxygen atoms in total. The van der Waals surface area contributed by atoms with Gasteiger partial charge in [0.15, 0.2) is 0 Å². The monoisotopic (exact) mass is 236 g/mol. The van der Waals surface area contributed by atoms with Crippen molar-refractivity contribution in [3.8, 4) is 0 Å². The van der Waals surface area contributed by atoms with Crippen LogP contribution in [0.5, 0.6) is 0 Å². The number of nitrogens with one attached hydrogen (secondary N) is 1. The molecule has 1 aromatic carbocycles. The third-order valence-electron chi connectivity index (χ3n) is 2.35. The number of hydrogen-bond donors (Lipinski definition) is 1. The van der Waals surface area contributed by atoms with Crippen LogP contribution in [0.1, 0.15) is 5.56 Å². The maximum atomic E-state index is 10.5. The molecule has 1 aliphatic rings. The summed E-state index contributed by atoms with van der Waals surface area (Å²) in [7, 11) is 0. The summed E-state index contributed by atoms with van der Waals surface area (Å²) in [6, 6.07) is 10.1. The molecule has 1 aliphatic heterocycles. The zero-order chi connectivity index (χ0) is 11.4. The van der Waals surface area contributed by atoms with Crippen molar-refractivity contribution >= 4 is 11.8 Å². The second-order valence-corrected chi connectivity index (χ2v) is 4.59. The molecule has 0 bridgehead atoms.